The summed E-state index contributed by atoms with van der Waals surface area (Å²) in [6.07, 6.45) is 5.18. The first-order chi connectivity index (χ1) is 9.08. The third-order valence-electron chi connectivity index (χ3n) is 3.69. The van der Waals surface area contributed by atoms with E-state index in [0.717, 1.165) is 25.7 Å². The van der Waals surface area contributed by atoms with Gasteiger partial charge in [-0.1, -0.05) is 41.3 Å². The summed E-state index contributed by atoms with van der Waals surface area (Å²) in [7, 11) is 0. The van der Waals surface area contributed by atoms with Crippen molar-refractivity contribution in [1.29, 1.82) is 0 Å². The number of alkyl halides is 1. The monoisotopic (exact) mass is 327 g/mol. The second kappa shape index (κ2) is 5.82. The third kappa shape index (κ3) is 3.03. The fourth-order valence-corrected chi connectivity index (χ4v) is 3.29. The van der Waals surface area contributed by atoms with Crippen molar-refractivity contribution < 1.29 is 15.0 Å². The van der Waals surface area contributed by atoms with E-state index < -0.39 is 5.91 Å². The molecule has 0 atom stereocenters. The van der Waals surface area contributed by atoms with Crippen LogP contribution in [0.1, 0.15) is 42.5 Å². The van der Waals surface area contributed by atoms with E-state index in [1.54, 1.807) is 0 Å². The zero-order chi connectivity index (χ0) is 13.9. The Kier molecular flexibility index (Phi) is 4.34. The molecule has 1 aliphatic rings. The number of phenolic OH excluding ortho intramolecular Hbond substituents is 2. The molecular weight excluding hydrogens is 310 g/mol. The number of carbonyl (C=O) groups excluding carboxylic acids is 1. The first-order valence-corrected chi connectivity index (χ1v) is 7.59. The van der Waals surface area contributed by atoms with Crippen LogP contribution in [0.5, 0.6) is 11.5 Å². The highest BCUT2D eigenvalue weighted by Crippen LogP contribution is 2.32. The van der Waals surface area contributed by atoms with Gasteiger partial charge in [0.05, 0.1) is 5.54 Å². The Balaban J connectivity index is 2.20. The maximum Gasteiger partial charge on any atom is 0.259 e. The minimum Gasteiger partial charge on any atom is -0.507 e. The zero-order valence-electron chi connectivity index (χ0n) is 10.7. The summed E-state index contributed by atoms with van der Waals surface area (Å²) in [4.78, 5) is 12.3. The van der Waals surface area contributed by atoms with E-state index >= 15 is 0 Å². The van der Waals surface area contributed by atoms with E-state index in [1.165, 1.54) is 24.6 Å². The molecule has 2 rings (SSSR count). The van der Waals surface area contributed by atoms with Crippen LogP contribution >= 0.6 is 15.9 Å². The lowest BCUT2D eigenvalue weighted by molar-refractivity contribution is 0.0881. The van der Waals surface area contributed by atoms with Crippen molar-refractivity contribution in [3.8, 4) is 11.5 Å². The van der Waals surface area contributed by atoms with Crippen molar-refractivity contribution in [2.75, 3.05) is 5.33 Å². The molecule has 5 heteroatoms. The molecule has 1 fully saturated rings. The lowest BCUT2D eigenvalue weighted by atomic mass is 9.83. The maximum atomic E-state index is 12.3. The number of halogens is 1. The van der Waals surface area contributed by atoms with Crippen molar-refractivity contribution in [2.45, 2.75) is 37.6 Å². The average molecular weight is 328 g/mol. The number of amides is 1. The van der Waals surface area contributed by atoms with Gasteiger partial charge in [-0.05, 0) is 25.0 Å². The number of rotatable bonds is 3. The fourth-order valence-electron chi connectivity index (χ4n) is 2.58. The van der Waals surface area contributed by atoms with Crippen LogP contribution in [0.3, 0.4) is 0 Å². The second-order valence-electron chi connectivity index (χ2n) is 5.10. The molecule has 1 amide bonds. The van der Waals surface area contributed by atoms with Gasteiger partial charge in [-0.25, -0.2) is 0 Å². The van der Waals surface area contributed by atoms with Crippen LogP contribution < -0.4 is 5.32 Å². The predicted octanol–water partition coefficient (Wildman–Crippen LogP) is 2.93. The summed E-state index contributed by atoms with van der Waals surface area (Å²) in [5, 5.41) is 23.1. The van der Waals surface area contributed by atoms with Gasteiger partial charge >= 0.3 is 0 Å². The third-order valence-corrected chi connectivity index (χ3v) is 4.77. The Labute approximate surface area is 121 Å². The van der Waals surface area contributed by atoms with Crippen molar-refractivity contribution in [1.82, 2.24) is 5.32 Å². The average Bonchev–Trinajstić information content (AvgIpc) is 2.39. The Morgan fingerprint density at radius 1 is 1.21 bits per heavy atom. The van der Waals surface area contributed by atoms with Crippen molar-refractivity contribution >= 4 is 21.8 Å². The fraction of sp³-hybridized carbons (Fsp3) is 0.500. The highest BCUT2D eigenvalue weighted by molar-refractivity contribution is 9.09. The summed E-state index contributed by atoms with van der Waals surface area (Å²) >= 11 is 3.47. The summed E-state index contributed by atoms with van der Waals surface area (Å²) in [6, 6.07) is 4.30. The van der Waals surface area contributed by atoms with Crippen LogP contribution in [-0.2, 0) is 0 Å². The number of nitrogens with one attached hydrogen (secondary N) is 1. The van der Waals surface area contributed by atoms with Crippen LogP contribution in [0.25, 0.3) is 0 Å². The van der Waals surface area contributed by atoms with E-state index in [-0.39, 0.29) is 22.6 Å². The lowest BCUT2D eigenvalue weighted by Gasteiger charge is -2.36. The minimum atomic E-state index is -0.419. The van der Waals surface area contributed by atoms with Crippen molar-refractivity contribution in [3.63, 3.8) is 0 Å². The topological polar surface area (TPSA) is 69.6 Å². The molecule has 1 aromatic carbocycles. The van der Waals surface area contributed by atoms with Crippen LogP contribution in [-0.4, -0.2) is 27.0 Å². The van der Waals surface area contributed by atoms with Crippen LogP contribution in [0.4, 0.5) is 0 Å². The van der Waals surface area contributed by atoms with Gasteiger partial charge < -0.3 is 15.5 Å². The van der Waals surface area contributed by atoms with E-state index in [9.17, 15) is 15.0 Å². The van der Waals surface area contributed by atoms with E-state index in [2.05, 4.69) is 21.2 Å². The molecule has 0 saturated heterocycles. The molecule has 0 unspecified atom stereocenters. The molecule has 0 aliphatic heterocycles. The molecule has 1 aromatic rings. The molecule has 19 heavy (non-hydrogen) atoms. The van der Waals surface area contributed by atoms with Gasteiger partial charge in [-0.2, -0.15) is 0 Å². The molecular formula is C14H18BrNO3. The Hall–Kier alpha value is -1.23. The molecule has 0 aromatic heterocycles. The molecule has 3 N–H and O–H groups in total. The molecule has 104 valence electrons. The SMILES string of the molecule is O=C(NC1(CBr)CCCCC1)c1c(O)cccc1O. The summed E-state index contributed by atoms with van der Waals surface area (Å²) in [5.74, 6) is -0.812. The van der Waals surface area contributed by atoms with Gasteiger partial charge in [0.15, 0.2) is 0 Å². The number of aromatic hydroxyl groups is 2. The first-order valence-electron chi connectivity index (χ1n) is 6.47. The Bertz CT molecular complexity index is 450. The largest absolute Gasteiger partial charge is 0.507 e. The molecule has 0 bridgehead atoms. The Morgan fingerprint density at radius 2 is 1.79 bits per heavy atom. The van der Waals surface area contributed by atoms with Gasteiger partial charge in [-0.15, -0.1) is 0 Å². The number of carbonyl (C=O) groups is 1. The number of hydrogen-bond donors (Lipinski definition) is 3. The highest BCUT2D eigenvalue weighted by Gasteiger charge is 2.33. The van der Waals surface area contributed by atoms with E-state index in [4.69, 9.17) is 0 Å². The predicted molar refractivity (Wildman–Crippen MR) is 76.8 cm³/mol. The minimum absolute atomic E-state index is 0.0478. The molecule has 0 radical (unpaired) electrons. The van der Waals surface area contributed by atoms with Crippen LogP contribution in [0.2, 0.25) is 0 Å². The number of hydrogen-bond acceptors (Lipinski definition) is 3. The van der Waals surface area contributed by atoms with E-state index in [1.807, 2.05) is 0 Å². The van der Waals surface area contributed by atoms with Crippen molar-refractivity contribution in [2.24, 2.45) is 0 Å². The molecule has 0 heterocycles. The summed E-state index contributed by atoms with van der Waals surface area (Å²) in [6.45, 7) is 0. The normalized spacial score (nSPS) is 17.9. The number of phenols is 2. The molecule has 1 aliphatic carbocycles. The number of benzene rings is 1. The first kappa shape index (κ1) is 14.2. The van der Waals surface area contributed by atoms with Gasteiger partial charge in [0, 0.05) is 5.33 Å². The van der Waals surface area contributed by atoms with Gasteiger partial charge in [-0.3, -0.25) is 4.79 Å². The second-order valence-corrected chi connectivity index (χ2v) is 5.66. The molecule has 4 nitrogen and oxygen atoms in total. The lowest BCUT2D eigenvalue weighted by Crippen LogP contribution is -2.51. The standard InChI is InChI=1S/C14H18BrNO3/c15-9-14(7-2-1-3-8-14)16-13(19)12-10(17)5-4-6-11(12)18/h4-6,17-18H,1-3,7-9H2,(H,16,19). The molecule has 1 saturated carbocycles. The molecule has 0 spiro atoms. The Morgan fingerprint density at radius 3 is 2.32 bits per heavy atom. The van der Waals surface area contributed by atoms with Gasteiger partial charge in [0.1, 0.15) is 17.1 Å². The highest BCUT2D eigenvalue weighted by atomic mass is 79.9. The zero-order valence-corrected chi connectivity index (χ0v) is 12.2. The van der Waals surface area contributed by atoms with E-state index in [0.29, 0.717) is 5.33 Å². The smallest absolute Gasteiger partial charge is 0.259 e. The maximum absolute atomic E-state index is 12.3. The van der Waals surface area contributed by atoms with Crippen molar-refractivity contribution in [3.05, 3.63) is 23.8 Å². The van der Waals surface area contributed by atoms with Gasteiger partial charge in [0.2, 0.25) is 0 Å². The quantitative estimate of drug-likeness (QED) is 0.747. The van der Waals surface area contributed by atoms with Crippen LogP contribution in [0, 0.1) is 0 Å². The van der Waals surface area contributed by atoms with Gasteiger partial charge in [0.25, 0.3) is 5.91 Å². The summed E-state index contributed by atoms with van der Waals surface area (Å²) < 4.78 is 0. The summed E-state index contributed by atoms with van der Waals surface area (Å²) in [5.41, 5.74) is -0.322. The van der Waals surface area contributed by atoms with Crippen LogP contribution in [0.15, 0.2) is 18.2 Å².